The molecule has 0 aliphatic carbocycles. The molecule has 1 heterocycles. The molecule has 1 aliphatic heterocycles. The molecule has 1 aliphatic rings. The quantitative estimate of drug-likeness (QED) is 0.632. The minimum absolute atomic E-state index is 0.171. The summed E-state index contributed by atoms with van der Waals surface area (Å²) in [6, 6.07) is 13.5. The minimum Gasteiger partial charge on any atom is -0.494 e. The standard InChI is InChI=1S/C23H25N3O5/c1-4-31-19-7-5-6-18(14-19)26-22(29)20(21(23(26)30)25(3)12-13-27)16-8-10-17(11-9-16)24-15(2)28/h5-11,14,27H,4,12-13H2,1-3H3,(H,24,28). The molecule has 0 atom stereocenters. The van der Waals surface area contributed by atoms with Crippen LogP contribution in [0.5, 0.6) is 5.75 Å². The molecule has 8 heteroatoms. The maximum absolute atomic E-state index is 13.4. The number of imide groups is 1. The fourth-order valence-corrected chi connectivity index (χ4v) is 3.43. The Kier molecular flexibility index (Phi) is 6.71. The fraction of sp³-hybridized carbons (Fsp3) is 0.261. The number of amides is 3. The van der Waals surface area contributed by atoms with Gasteiger partial charge in [-0.2, -0.15) is 0 Å². The zero-order chi connectivity index (χ0) is 22.5. The van der Waals surface area contributed by atoms with E-state index >= 15 is 0 Å². The first-order valence-corrected chi connectivity index (χ1v) is 9.93. The van der Waals surface area contributed by atoms with Crippen molar-refractivity contribution in [1.82, 2.24) is 4.90 Å². The number of benzene rings is 2. The number of hydrogen-bond donors (Lipinski definition) is 2. The van der Waals surface area contributed by atoms with Crippen LogP contribution in [0.15, 0.2) is 54.2 Å². The van der Waals surface area contributed by atoms with Crippen LogP contribution in [0.25, 0.3) is 5.57 Å². The van der Waals surface area contributed by atoms with Crippen molar-refractivity contribution >= 4 is 34.7 Å². The maximum atomic E-state index is 13.4. The molecule has 0 saturated carbocycles. The van der Waals surface area contributed by atoms with Gasteiger partial charge in [0.25, 0.3) is 11.8 Å². The van der Waals surface area contributed by atoms with Gasteiger partial charge in [-0.25, -0.2) is 4.90 Å². The third-order valence-corrected chi connectivity index (χ3v) is 4.76. The van der Waals surface area contributed by atoms with E-state index in [9.17, 15) is 19.5 Å². The zero-order valence-electron chi connectivity index (χ0n) is 17.7. The molecule has 0 aromatic heterocycles. The van der Waals surface area contributed by atoms with Crippen molar-refractivity contribution in [3.8, 4) is 5.75 Å². The Morgan fingerprint density at radius 3 is 2.45 bits per heavy atom. The second kappa shape index (κ2) is 9.44. The Labute approximate surface area is 180 Å². The number of carbonyl (C=O) groups excluding carboxylic acids is 3. The lowest BCUT2D eigenvalue weighted by atomic mass is 10.0. The van der Waals surface area contributed by atoms with Crippen molar-refractivity contribution in [3.63, 3.8) is 0 Å². The van der Waals surface area contributed by atoms with Gasteiger partial charge in [0.05, 0.1) is 24.5 Å². The summed E-state index contributed by atoms with van der Waals surface area (Å²) in [5.41, 5.74) is 1.96. The summed E-state index contributed by atoms with van der Waals surface area (Å²) in [6.07, 6.45) is 0. The van der Waals surface area contributed by atoms with Crippen molar-refractivity contribution in [1.29, 1.82) is 0 Å². The molecule has 0 unspecified atom stereocenters. The molecule has 31 heavy (non-hydrogen) atoms. The third kappa shape index (κ3) is 4.59. The smallest absolute Gasteiger partial charge is 0.282 e. The molecular weight excluding hydrogens is 398 g/mol. The molecule has 2 aromatic rings. The van der Waals surface area contributed by atoms with Gasteiger partial charge >= 0.3 is 0 Å². The number of hydrogen-bond acceptors (Lipinski definition) is 6. The van der Waals surface area contributed by atoms with Gasteiger partial charge in [0.1, 0.15) is 11.4 Å². The van der Waals surface area contributed by atoms with Crippen molar-refractivity contribution < 1.29 is 24.2 Å². The average Bonchev–Trinajstić information content (AvgIpc) is 2.99. The lowest BCUT2D eigenvalue weighted by Gasteiger charge is -2.20. The number of rotatable bonds is 8. The minimum atomic E-state index is -0.476. The highest BCUT2D eigenvalue weighted by Crippen LogP contribution is 2.35. The number of nitrogens with zero attached hydrogens (tertiary/aromatic N) is 2. The van der Waals surface area contributed by atoms with Crippen molar-refractivity contribution in [2.24, 2.45) is 0 Å². The Morgan fingerprint density at radius 2 is 1.84 bits per heavy atom. The van der Waals surface area contributed by atoms with Gasteiger partial charge in [0, 0.05) is 32.3 Å². The van der Waals surface area contributed by atoms with Gasteiger partial charge in [-0.15, -0.1) is 0 Å². The second-order valence-corrected chi connectivity index (χ2v) is 7.00. The van der Waals surface area contributed by atoms with Crippen LogP contribution in [0.2, 0.25) is 0 Å². The number of aliphatic hydroxyl groups excluding tert-OH is 1. The summed E-state index contributed by atoms with van der Waals surface area (Å²) in [7, 11) is 1.66. The summed E-state index contributed by atoms with van der Waals surface area (Å²) in [4.78, 5) is 40.7. The largest absolute Gasteiger partial charge is 0.494 e. The van der Waals surface area contributed by atoms with E-state index in [0.717, 1.165) is 4.90 Å². The van der Waals surface area contributed by atoms with Gasteiger partial charge in [0.15, 0.2) is 0 Å². The monoisotopic (exact) mass is 423 g/mol. The number of nitrogens with one attached hydrogen (secondary N) is 1. The molecule has 2 N–H and O–H groups in total. The molecule has 3 rings (SSSR count). The van der Waals surface area contributed by atoms with E-state index in [1.165, 1.54) is 6.92 Å². The van der Waals surface area contributed by atoms with Crippen molar-refractivity contribution in [2.75, 3.05) is 37.0 Å². The third-order valence-electron chi connectivity index (χ3n) is 4.76. The number of anilines is 2. The normalized spacial score (nSPS) is 13.6. The SMILES string of the molecule is CCOc1cccc(N2C(=O)C(c3ccc(NC(C)=O)cc3)=C(N(C)CCO)C2=O)c1. The molecule has 0 saturated heterocycles. The van der Waals surface area contributed by atoms with E-state index in [1.807, 2.05) is 6.92 Å². The highest BCUT2D eigenvalue weighted by Gasteiger charge is 2.41. The van der Waals surface area contributed by atoms with Crippen LogP contribution in [0.1, 0.15) is 19.4 Å². The molecule has 0 spiro atoms. The molecule has 162 valence electrons. The van der Waals surface area contributed by atoms with Crippen LogP contribution < -0.4 is 15.0 Å². The first-order valence-electron chi connectivity index (χ1n) is 9.93. The molecule has 3 amide bonds. The van der Waals surface area contributed by atoms with Crippen molar-refractivity contribution in [2.45, 2.75) is 13.8 Å². The van der Waals surface area contributed by atoms with E-state index < -0.39 is 11.8 Å². The first kappa shape index (κ1) is 22.0. The maximum Gasteiger partial charge on any atom is 0.282 e. The van der Waals surface area contributed by atoms with Gasteiger partial charge < -0.3 is 20.1 Å². The Hall–Kier alpha value is -3.65. The summed E-state index contributed by atoms with van der Waals surface area (Å²) in [5, 5.41) is 12.0. The fourth-order valence-electron chi connectivity index (χ4n) is 3.43. The van der Waals surface area contributed by atoms with Gasteiger partial charge in [-0.1, -0.05) is 18.2 Å². The topological polar surface area (TPSA) is 99.2 Å². The van der Waals surface area contributed by atoms with Crippen LogP contribution in [-0.2, 0) is 14.4 Å². The van der Waals surface area contributed by atoms with E-state index in [1.54, 1.807) is 60.5 Å². The first-order chi connectivity index (χ1) is 14.9. The molecule has 0 bridgehead atoms. The number of likely N-dealkylation sites (N-methyl/N-ethyl adjacent to an activating group) is 1. The molecule has 8 nitrogen and oxygen atoms in total. The summed E-state index contributed by atoms with van der Waals surface area (Å²) >= 11 is 0. The highest BCUT2D eigenvalue weighted by molar-refractivity contribution is 6.45. The van der Waals surface area contributed by atoms with Crippen LogP contribution in [0.4, 0.5) is 11.4 Å². The highest BCUT2D eigenvalue weighted by atomic mass is 16.5. The Morgan fingerprint density at radius 1 is 1.13 bits per heavy atom. The summed E-state index contributed by atoms with van der Waals surface area (Å²) in [5.74, 6) is -0.594. The lowest BCUT2D eigenvalue weighted by molar-refractivity contribution is -0.120. The van der Waals surface area contributed by atoms with Gasteiger partial charge in [-0.05, 0) is 36.8 Å². The van der Waals surface area contributed by atoms with Gasteiger partial charge in [-0.3, -0.25) is 14.4 Å². The van der Waals surface area contributed by atoms with E-state index in [0.29, 0.717) is 29.3 Å². The predicted octanol–water partition coefficient (Wildman–Crippen LogP) is 2.25. The Balaban J connectivity index is 2.05. The molecule has 0 fully saturated rings. The van der Waals surface area contributed by atoms with E-state index in [-0.39, 0.29) is 30.3 Å². The van der Waals surface area contributed by atoms with E-state index in [2.05, 4.69) is 5.32 Å². The Bertz CT molecular complexity index is 1030. The van der Waals surface area contributed by atoms with Crippen LogP contribution in [0, 0.1) is 0 Å². The van der Waals surface area contributed by atoms with Crippen molar-refractivity contribution in [3.05, 3.63) is 59.8 Å². The van der Waals surface area contributed by atoms with Crippen LogP contribution in [0.3, 0.4) is 0 Å². The zero-order valence-corrected chi connectivity index (χ0v) is 17.7. The van der Waals surface area contributed by atoms with Gasteiger partial charge in [0.2, 0.25) is 5.91 Å². The van der Waals surface area contributed by atoms with Crippen LogP contribution >= 0.6 is 0 Å². The number of carbonyl (C=O) groups is 3. The predicted molar refractivity (Wildman–Crippen MR) is 117 cm³/mol. The van der Waals surface area contributed by atoms with E-state index in [4.69, 9.17) is 4.74 Å². The molecule has 2 aromatic carbocycles. The number of ether oxygens (including phenoxy) is 1. The summed E-state index contributed by atoms with van der Waals surface area (Å²) in [6.45, 7) is 3.74. The summed E-state index contributed by atoms with van der Waals surface area (Å²) < 4.78 is 5.50. The second-order valence-electron chi connectivity index (χ2n) is 7.00. The lowest BCUT2D eigenvalue weighted by Crippen LogP contribution is -2.34. The number of aliphatic hydroxyl groups is 1. The molecular formula is C23H25N3O5. The van der Waals surface area contributed by atoms with Crippen LogP contribution in [-0.4, -0.2) is 54.5 Å². The molecule has 0 radical (unpaired) electrons. The average molecular weight is 423 g/mol.